The van der Waals surface area contributed by atoms with Gasteiger partial charge in [0.2, 0.25) is 21.8 Å². The third kappa shape index (κ3) is 8.96. The van der Waals surface area contributed by atoms with Crippen LogP contribution in [0.4, 0.5) is 5.69 Å². The van der Waals surface area contributed by atoms with Crippen molar-refractivity contribution in [1.82, 2.24) is 10.2 Å². The van der Waals surface area contributed by atoms with E-state index in [1.165, 1.54) is 4.90 Å². The van der Waals surface area contributed by atoms with Gasteiger partial charge in [0.05, 0.1) is 11.9 Å². The highest BCUT2D eigenvalue weighted by Gasteiger charge is 2.34. The van der Waals surface area contributed by atoms with Crippen LogP contribution in [0.25, 0.3) is 0 Å². The molecule has 39 heavy (non-hydrogen) atoms. The third-order valence-corrected chi connectivity index (χ3v) is 7.35. The summed E-state index contributed by atoms with van der Waals surface area (Å²) in [4.78, 5) is 29.3. The summed E-state index contributed by atoms with van der Waals surface area (Å²) < 4.78 is 26.8. The van der Waals surface area contributed by atoms with Crippen molar-refractivity contribution in [2.24, 2.45) is 0 Å². The molecule has 0 aromatic heterocycles. The summed E-state index contributed by atoms with van der Waals surface area (Å²) in [6.07, 6.45) is 1.36. The Morgan fingerprint density at radius 1 is 0.846 bits per heavy atom. The lowest BCUT2D eigenvalue weighted by Crippen LogP contribution is -2.56. The van der Waals surface area contributed by atoms with Crippen LogP contribution >= 0.6 is 0 Å². The zero-order valence-electron chi connectivity index (χ0n) is 23.6. The standard InChI is InChI=1S/C31H39N3O4S/c1-23-15-17-27(18-16-23)34(39(6,37)38)22-29(35)33(21-26-14-10-11-24(2)19-26)28(30(36)32-31(3,4)5)20-25-12-8-7-9-13-25/h7-19,28H,20-22H2,1-6H3,(H,32,36). The molecular formula is C31H39N3O4S. The topological polar surface area (TPSA) is 86.8 Å². The van der Waals surface area contributed by atoms with Crippen LogP contribution in [-0.4, -0.2) is 49.5 Å². The zero-order valence-corrected chi connectivity index (χ0v) is 24.5. The molecule has 0 aliphatic rings. The van der Waals surface area contributed by atoms with Gasteiger partial charge in [0.15, 0.2) is 0 Å². The molecule has 7 nitrogen and oxygen atoms in total. The number of sulfonamides is 1. The van der Waals surface area contributed by atoms with Crippen molar-refractivity contribution in [3.63, 3.8) is 0 Å². The first-order valence-electron chi connectivity index (χ1n) is 13.0. The molecular weight excluding hydrogens is 510 g/mol. The lowest BCUT2D eigenvalue weighted by Gasteiger charge is -2.35. The van der Waals surface area contributed by atoms with E-state index in [-0.39, 0.29) is 18.9 Å². The van der Waals surface area contributed by atoms with Crippen molar-refractivity contribution in [1.29, 1.82) is 0 Å². The minimum absolute atomic E-state index is 0.154. The summed E-state index contributed by atoms with van der Waals surface area (Å²) in [5.41, 5.74) is 3.62. The number of hydrogen-bond acceptors (Lipinski definition) is 4. The van der Waals surface area contributed by atoms with Crippen molar-refractivity contribution in [2.45, 2.75) is 59.2 Å². The number of benzene rings is 3. The second kappa shape index (κ2) is 12.5. The third-order valence-electron chi connectivity index (χ3n) is 6.21. The number of nitrogens with zero attached hydrogens (tertiary/aromatic N) is 2. The van der Waals surface area contributed by atoms with E-state index in [0.717, 1.165) is 32.8 Å². The van der Waals surface area contributed by atoms with E-state index in [1.54, 1.807) is 24.3 Å². The molecule has 1 N–H and O–H groups in total. The van der Waals surface area contributed by atoms with Crippen LogP contribution in [0.15, 0.2) is 78.9 Å². The predicted octanol–water partition coefficient (Wildman–Crippen LogP) is 4.62. The van der Waals surface area contributed by atoms with Crippen LogP contribution in [0.1, 0.15) is 43.0 Å². The van der Waals surface area contributed by atoms with Gasteiger partial charge in [0.1, 0.15) is 12.6 Å². The Hall–Kier alpha value is -3.65. The fourth-order valence-corrected chi connectivity index (χ4v) is 5.19. The quantitative estimate of drug-likeness (QED) is 0.400. The second-order valence-corrected chi connectivity index (χ2v) is 13.0. The van der Waals surface area contributed by atoms with Crippen molar-refractivity contribution in [3.8, 4) is 0 Å². The molecule has 3 aromatic rings. The normalized spacial score (nSPS) is 12.5. The molecule has 0 fully saturated rings. The number of hydrogen-bond donors (Lipinski definition) is 1. The Bertz CT molecular complexity index is 1380. The van der Waals surface area contributed by atoms with Gasteiger partial charge in [-0.25, -0.2) is 8.42 Å². The second-order valence-electron chi connectivity index (χ2n) is 11.1. The molecule has 0 saturated carbocycles. The van der Waals surface area contributed by atoms with Crippen LogP contribution < -0.4 is 9.62 Å². The molecule has 0 bridgehead atoms. The highest BCUT2D eigenvalue weighted by Crippen LogP contribution is 2.21. The van der Waals surface area contributed by atoms with E-state index < -0.39 is 34.1 Å². The molecule has 0 aliphatic heterocycles. The molecule has 2 amide bonds. The Labute approximate surface area is 232 Å². The maximum Gasteiger partial charge on any atom is 0.244 e. The van der Waals surface area contributed by atoms with Gasteiger partial charge in [-0.1, -0.05) is 77.9 Å². The number of carbonyl (C=O) groups is 2. The van der Waals surface area contributed by atoms with Crippen molar-refractivity contribution < 1.29 is 18.0 Å². The van der Waals surface area contributed by atoms with Gasteiger partial charge in [-0.05, 0) is 57.9 Å². The minimum atomic E-state index is -3.79. The molecule has 1 unspecified atom stereocenters. The first kappa shape index (κ1) is 29.9. The first-order chi connectivity index (χ1) is 18.2. The lowest BCUT2D eigenvalue weighted by atomic mass is 10.0. The summed E-state index contributed by atoms with van der Waals surface area (Å²) in [5.74, 6) is -0.763. The Morgan fingerprint density at radius 3 is 2.03 bits per heavy atom. The largest absolute Gasteiger partial charge is 0.350 e. The van der Waals surface area contributed by atoms with Crippen LogP contribution in [0.2, 0.25) is 0 Å². The molecule has 0 spiro atoms. The molecule has 0 saturated heterocycles. The van der Waals surface area contributed by atoms with E-state index in [1.807, 2.05) is 89.2 Å². The van der Waals surface area contributed by atoms with Gasteiger partial charge < -0.3 is 10.2 Å². The fraction of sp³-hybridized carbons (Fsp3) is 0.355. The van der Waals surface area contributed by atoms with E-state index in [4.69, 9.17) is 0 Å². The molecule has 1 atom stereocenters. The molecule has 8 heteroatoms. The summed E-state index contributed by atoms with van der Waals surface area (Å²) in [6, 6.07) is 23.4. The number of carbonyl (C=O) groups excluding carboxylic acids is 2. The average molecular weight is 550 g/mol. The number of aryl methyl sites for hydroxylation is 2. The summed E-state index contributed by atoms with van der Waals surface area (Å²) in [6.45, 7) is 9.26. The summed E-state index contributed by atoms with van der Waals surface area (Å²) >= 11 is 0. The van der Waals surface area contributed by atoms with Gasteiger partial charge in [-0.3, -0.25) is 13.9 Å². The average Bonchev–Trinajstić information content (AvgIpc) is 2.84. The molecule has 0 heterocycles. The van der Waals surface area contributed by atoms with Crippen LogP contribution in [0, 0.1) is 13.8 Å². The highest BCUT2D eigenvalue weighted by atomic mass is 32.2. The molecule has 208 valence electrons. The lowest BCUT2D eigenvalue weighted by molar-refractivity contribution is -0.140. The van der Waals surface area contributed by atoms with Gasteiger partial charge in [0.25, 0.3) is 0 Å². The van der Waals surface area contributed by atoms with E-state index >= 15 is 0 Å². The van der Waals surface area contributed by atoms with Gasteiger partial charge in [-0.2, -0.15) is 0 Å². The van der Waals surface area contributed by atoms with Gasteiger partial charge >= 0.3 is 0 Å². The maximum absolute atomic E-state index is 14.1. The van der Waals surface area contributed by atoms with Crippen molar-refractivity contribution >= 4 is 27.5 Å². The minimum Gasteiger partial charge on any atom is -0.350 e. The summed E-state index contributed by atoms with van der Waals surface area (Å²) in [5, 5.41) is 3.03. The fourth-order valence-electron chi connectivity index (χ4n) is 4.34. The monoisotopic (exact) mass is 549 g/mol. The number of nitrogens with one attached hydrogen (secondary N) is 1. The van der Waals surface area contributed by atoms with E-state index in [2.05, 4.69) is 5.32 Å². The molecule has 3 rings (SSSR count). The Morgan fingerprint density at radius 2 is 1.46 bits per heavy atom. The van der Waals surface area contributed by atoms with Crippen molar-refractivity contribution in [3.05, 3.63) is 101 Å². The smallest absolute Gasteiger partial charge is 0.244 e. The van der Waals surface area contributed by atoms with Gasteiger partial charge in [0, 0.05) is 18.5 Å². The highest BCUT2D eigenvalue weighted by molar-refractivity contribution is 7.92. The SMILES string of the molecule is Cc1ccc(N(CC(=O)N(Cc2cccc(C)c2)C(Cc2ccccc2)C(=O)NC(C)(C)C)S(C)(=O)=O)cc1. The summed E-state index contributed by atoms with van der Waals surface area (Å²) in [7, 11) is -3.79. The predicted molar refractivity (Wildman–Crippen MR) is 157 cm³/mol. The number of anilines is 1. The van der Waals surface area contributed by atoms with Gasteiger partial charge in [-0.15, -0.1) is 0 Å². The van der Waals surface area contributed by atoms with E-state index in [9.17, 15) is 18.0 Å². The zero-order chi connectivity index (χ0) is 28.8. The first-order valence-corrected chi connectivity index (χ1v) is 14.8. The molecule has 0 radical (unpaired) electrons. The van der Waals surface area contributed by atoms with Crippen LogP contribution in [-0.2, 0) is 32.6 Å². The van der Waals surface area contributed by atoms with E-state index in [0.29, 0.717) is 5.69 Å². The van der Waals surface area contributed by atoms with Crippen LogP contribution in [0.3, 0.4) is 0 Å². The molecule has 3 aromatic carbocycles. The van der Waals surface area contributed by atoms with Crippen LogP contribution in [0.5, 0.6) is 0 Å². The number of amides is 2. The molecule has 0 aliphatic carbocycles. The maximum atomic E-state index is 14.1. The van der Waals surface area contributed by atoms with Crippen molar-refractivity contribution in [2.75, 3.05) is 17.1 Å². The Kier molecular flexibility index (Phi) is 9.56. The Balaban J connectivity index is 2.07. The number of rotatable bonds is 10.